The molecule has 2 aliphatic heterocycles. The summed E-state index contributed by atoms with van der Waals surface area (Å²) in [4.78, 5) is 31.5. The summed E-state index contributed by atoms with van der Waals surface area (Å²) in [5, 5.41) is 3.30. The predicted octanol–water partition coefficient (Wildman–Crippen LogP) is 2.17. The number of hydrogen-bond donors (Lipinski definition) is 2. The van der Waals surface area contributed by atoms with Crippen molar-refractivity contribution in [2.24, 2.45) is 11.7 Å². The first-order valence-corrected chi connectivity index (χ1v) is 9.93. The Labute approximate surface area is 186 Å². The van der Waals surface area contributed by atoms with Gasteiger partial charge in [0.2, 0.25) is 5.91 Å². The number of aromatic nitrogens is 1. The summed E-state index contributed by atoms with van der Waals surface area (Å²) in [6.45, 7) is 5.34. The molecule has 0 radical (unpaired) electrons. The van der Waals surface area contributed by atoms with Crippen molar-refractivity contribution in [1.29, 1.82) is 0 Å². The minimum Gasteiger partial charge on any atom is -0.443 e. The van der Waals surface area contributed by atoms with Gasteiger partial charge in [0, 0.05) is 43.5 Å². The highest BCUT2D eigenvalue weighted by molar-refractivity contribution is 5.91. The van der Waals surface area contributed by atoms with E-state index in [0.717, 1.165) is 32.0 Å². The van der Waals surface area contributed by atoms with E-state index in [0.29, 0.717) is 16.8 Å². The maximum atomic E-state index is 14.9. The summed E-state index contributed by atoms with van der Waals surface area (Å²) in [5.41, 5.74) is 6.71. The highest BCUT2D eigenvalue weighted by Gasteiger charge is 2.37. The van der Waals surface area contributed by atoms with Crippen LogP contribution in [0.25, 0.3) is 11.1 Å². The van der Waals surface area contributed by atoms with Crippen molar-refractivity contribution in [3.63, 3.8) is 0 Å². The van der Waals surface area contributed by atoms with Crippen LogP contribution in [-0.4, -0.2) is 55.8 Å². The zero-order valence-electron chi connectivity index (χ0n) is 17.1. The van der Waals surface area contributed by atoms with Gasteiger partial charge in [0.25, 0.3) is 0 Å². The molecule has 2 fully saturated rings. The molecule has 4 rings (SSSR count). The first-order valence-electron chi connectivity index (χ1n) is 9.93. The second-order valence-corrected chi connectivity index (χ2v) is 7.53. The molecular weight excluding hydrogens is 425 g/mol. The molecule has 2 unspecified atom stereocenters. The van der Waals surface area contributed by atoms with E-state index in [1.54, 1.807) is 25.3 Å². The smallest absolute Gasteiger partial charge is 0.414 e. The molecule has 2 amide bonds. The highest BCUT2D eigenvalue weighted by Crippen LogP contribution is 2.30. The lowest BCUT2D eigenvalue weighted by molar-refractivity contribution is -0.123. The molecule has 2 aromatic rings. The number of hydrogen-bond acceptors (Lipinski definition) is 6. The summed E-state index contributed by atoms with van der Waals surface area (Å²) in [6, 6.07) is 8.29. The lowest BCUT2D eigenvalue weighted by Crippen LogP contribution is -2.43. The normalized spacial score (nSPS) is 19.5. The lowest BCUT2D eigenvalue weighted by Gasteiger charge is -2.28. The van der Waals surface area contributed by atoms with Crippen molar-refractivity contribution < 1.29 is 18.7 Å². The van der Waals surface area contributed by atoms with E-state index in [4.69, 9.17) is 10.5 Å². The Hall–Kier alpha value is -2.91. The number of nitrogens with zero attached hydrogens (tertiary/aromatic N) is 3. The van der Waals surface area contributed by atoms with Gasteiger partial charge in [-0.15, -0.1) is 12.4 Å². The predicted molar refractivity (Wildman–Crippen MR) is 118 cm³/mol. The number of anilines is 2. The molecule has 0 bridgehead atoms. The number of halogens is 2. The van der Waals surface area contributed by atoms with Gasteiger partial charge in [-0.25, -0.2) is 14.2 Å². The maximum Gasteiger partial charge on any atom is 0.414 e. The fourth-order valence-corrected chi connectivity index (χ4v) is 3.67. The van der Waals surface area contributed by atoms with E-state index in [-0.39, 0.29) is 19.0 Å². The summed E-state index contributed by atoms with van der Waals surface area (Å²) in [5.74, 6) is -0.772. The van der Waals surface area contributed by atoms with E-state index in [1.165, 1.54) is 11.0 Å². The average molecular weight is 450 g/mol. The molecule has 0 saturated carbocycles. The topological polar surface area (TPSA) is 101 Å². The molecule has 10 heteroatoms. The number of rotatable bonds is 5. The zero-order chi connectivity index (χ0) is 21.3. The standard InChI is InChI=1S/C21H24FN5O3.ClH/c1-13(20(23)28)18-12-27(21(29)30-18)15-3-4-16(17(22)10-15)14-2-5-19(25-11-14)26-8-6-24-7-9-26;/h2-5,10-11,13,18,24H,6-9,12H2,1H3,(H2,23,28);1H. The second kappa shape index (κ2) is 9.49. The van der Waals surface area contributed by atoms with Crippen LogP contribution in [-0.2, 0) is 9.53 Å². The van der Waals surface area contributed by atoms with Gasteiger partial charge in [-0.2, -0.15) is 0 Å². The number of carbonyl (C=O) groups excluding carboxylic acids is 2. The lowest BCUT2D eigenvalue weighted by atomic mass is 10.0. The van der Waals surface area contributed by atoms with Crippen molar-refractivity contribution in [2.45, 2.75) is 13.0 Å². The van der Waals surface area contributed by atoms with Crippen LogP contribution in [0.1, 0.15) is 6.92 Å². The molecule has 0 spiro atoms. The Kier molecular flexibility index (Phi) is 6.97. The fraction of sp³-hybridized carbons (Fsp3) is 0.381. The summed E-state index contributed by atoms with van der Waals surface area (Å²) in [7, 11) is 0. The van der Waals surface area contributed by atoms with Crippen molar-refractivity contribution in [1.82, 2.24) is 10.3 Å². The SMILES string of the molecule is CC(C(N)=O)C1CN(c2ccc(-c3ccc(N4CCNCC4)nc3)c(F)c2)C(=O)O1.Cl. The number of ether oxygens (including phenoxy) is 1. The molecule has 31 heavy (non-hydrogen) atoms. The number of benzene rings is 1. The number of carbonyl (C=O) groups is 2. The molecule has 166 valence electrons. The third-order valence-electron chi connectivity index (χ3n) is 5.61. The number of nitrogens with two attached hydrogens (primary N) is 1. The van der Waals surface area contributed by atoms with Gasteiger partial charge < -0.3 is 20.7 Å². The number of pyridine rings is 1. The first-order chi connectivity index (χ1) is 14.4. The largest absolute Gasteiger partial charge is 0.443 e. The van der Waals surface area contributed by atoms with Crippen LogP contribution >= 0.6 is 12.4 Å². The minimum absolute atomic E-state index is 0. The third-order valence-corrected chi connectivity index (χ3v) is 5.61. The molecule has 2 saturated heterocycles. The van der Waals surface area contributed by atoms with Crippen LogP contribution in [0, 0.1) is 11.7 Å². The summed E-state index contributed by atoms with van der Waals surface area (Å²) in [6.07, 6.45) is 0.381. The quantitative estimate of drug-likeness (QED) is 0.725. The van der Waals surface area contributed by atoms with E-state index in [1.807, 2.05) is 12.1 Å². The van der Waals surface area contributed by atoms with Gasteiger partial charge in [-0.3, -0.25) is 9.69 Å². The molecule has 0 aliphatic carbocycles. The van der Waals surface area contributed by atoms with Gasteiger partial charge in [-0.05, 0) is 37.3 Å². The van der Waals surface area contributed by atoms with Crippen molar-refractivity contribution in [3.05, 3.63) is 42.3 Å². The molecule has 3 heterocycles. The van der Waals surface area contributed by atoms with Crippen LogP contribution in [0.5, 0.6) is 0 Å². The molecule has 1 aromatic carbocycles. The molecule has 1 aromatic heterocycles. The highest BCUT2D eigenvalue weighted by atomic mass is 35.5. The number of cyclic esters (lactones) is 1. The second-order valence-electron chi connectivity index (χ2n) is 7.53. The minimum atomic E-state index is -0.653. The average Bonchev–Trinajstić information content (AvgIpc) is 3.15. The van der Waals surface area contributed by atoms with Crippen LogP contribution in [0.4, 0.5) is 20.7 Å². The van der Waals surface area contributed by atoms with Crippen molar-refractivity contribution in [3.8, 4) is 11.1 Å². The van der Waals surface area contributed by atoms with Gasteiger partial charge in [0.05, 0.1) is 18.2 Å². The van der Waals surface area contributed by atoms with Crippen LogP contribution in [0.2, 0.25) is 0 Å². The monoisotopic (exact) mass is 449 g/mol. The van der Waals surface area contributed by atoms with Gasteiger partial charge in [-0.1, -0.05) is 0 Å². The van der Waals surface area contributed by atoms with Gasteiger partial charge in [0.15, 0.2) is 0 Å². The number of piperazine rings is 1. The van der Waals surface area contributed by atoms with Gasteiger partial charge >= 0.3 is 6.09 Å². The van der Waals surface area contributed by atoms with E-state index in [9.17, 15) is 14.0 Å². The Morgan fingerprint density at radius 2 is 2.03 bits per heavy atom. The first kappa shape index (κ1) is 22.8. The van der Waals surface area contributed by atoms with Crippen molar-refractivity contribution >= 4 is 35.9 Å². The third kappa shape index (κ3) is 4.72. The Balaban J connectivity index is 0.00000272. The molecule has 3 N–H and O–H groups in total. The van der Waals surface area contributed by atoms with Crippen molar-refractivity contribution in [2.75, 3.05) is 42.5 Å². The zero-order valence-corrected chi connectivity index (χ0v) is 17.9. The molecule has 2 aliphatic rings. The fourth-order valence-electron chi connectivity index (χ4n) is 3.67. The summed E-state index contributed by atoms with van der Waals surface area (Å²) >= 11 is 0. The number of nitrogens with one attached hydrogen (secondary N) is 1. The molecule has 8 nitrogen and oxygen atoms in total. The number of amides is 2. The maximum absolute atomic E-state index is 14.9. The Morgan fingerprint density at radius 1 is 1.29 bits per heavy atom. The Bertz CT molecular complexity index is 953. The van der Waals surface area contributed by atoms with E-state index in [2.05, 4.69) is 15.2 Å². The molecule has 2 atom stereocenters. The van der Waals surface area contributed by atoms with E-state index >= 15 is 0 Å². The van der Waals surface area contributed by atoms with E-state index < -0.39 is 29.8 Å². The van der Waals surface area contributed by atoms with Crippen LogP contribution in [0.3, 0.4) is 0 Å². The number of primary amides is 1. The Morgan fingerprint density at radius 3 is 2.65 bits per heavy atom. The van der Waals surface area contributed by atoms with Crippen LogP contribution < -0.4 is 20.9 Å². The summed E-state index contributed by atoms with van der Waals surface area (Å²) < 4.78 is 20.1. The van der Waals surface area contributed by atoms with Gasteiger partial charge in [0.1, 0.15) is 17.7 Å². The van der Waals surface area contributed by atoms with Crippen LogP contribution in [0.15, 0.2) is 36.5 Å². The molecular formula is C21H25ClFN5O3.